The van der Waals surface area contributed by atoms with Gasteiger partial charge in [-0.2, -0.15) is 0 Å². The molecule has 20 heavy (non-hydrogen) atoms. The number of halogens is 1. The highest BCUT2D eigenvalue weighted by Gasteiger charge is 2.13. The van der Waals surface area contributed by atoms with E-state index in [1.165, 1.54) is 18.6 Å². The molecule has 2 N–H and O–H groups in total. The first-order valence-corrected chi connectivity index (χ1v) is 7.01. The van der Waals surface area contributed by atoms with E-state index in [9.17, 15) is 9.18 Å². The third kappa shape index (κ3) is 4.28. The maximum absolute atomic E-state index is 13.5. The normalized spacial score (nSPS) is 18.9. The lowest BCUT2D eigenvalue weighted by atomic mass is 10.1. The number of aromatic carboxylic acids is 1. The molecule has 110 valence electrons. The Morgan fingerprint density at radius 3 is 2.95 bits per heavy atom. The Morgan fingerprint density at radius 2 is 2.30 bits per heavy atom. The Labute approximate surface area is 117 Å². The van der Waals surface area contributed by atoms with E-state index in [-0.39, 0.29) is 5.56 Å². The highest BCUT2D eigenvalue weighted by atomic mass is 19.1. The van der Waals surface area contributed by atoms with Gasteiger partial charge in [0.2, 0.25) is 0 Å². The molecule has 1 aromatic carbocycles. The van der Waals surface area contributed by atoms with Crippen molar-refractivity contribution in [3.63, 3.8) is 0 Å². The summed E-state index contributed by atoms with van der Waals surface area (Å²) in [7, 11) is 0. The number of carboxylic acid groups (broad SMARTS) is 1. The van der Waals surface area contributed by atoms with Crippen LogP contribution in [0.5, 0.6) is 0 Å². The lowest BCUT2D eigenvalue weighted by molar-refractivity contribution is 0.0115. The van der Waals surface area contributed by atoms with E-state index in [0.717, 1.165) is 38.0 Å². The second-order valence-corrected chi connectivity index (χ2v) is 5.07. The Bertz CT molecular complexity index is 458. The maximum Gasteiger partial charge on any atom is 0.338 e. The molecule has 0 spiro atoms. The Balaban J connectivity index is 1.73. The molecular weight excluding hydrogens is 261 g/mol. The van der Waals surface area contributed by atoms with Crippen molar-refractivity contribution in [2.45, 2.75) is 38.3 Å². The molecule has 1 aliphatic heterocycles. The van der Waals surface area contributed by atoms with Crippen LogP contribution in [0.4, 0.5) is 4.39 Å². The van der Waals surface area contributed by atoms with Gasteiger partial charge in [0.1, 0.15) is 5.82 Å². The zero-order chi connectivity index (χ0) is 14.4. The third-order valence-electron chi connectivity index (χ3n) is 3.51. The first kappa shape index (κ1) is 14.9. The Hall–Kier alpha value is -1.46. The van der Waals surface area contributed by atoms with E-state index in [0.29, 0.717) is 12.6 Å². The van der Waals surface area contributed by atoms with Gasteiger partial charge in [0.15, 0.2) is 0 Å². The molecule has 0 radical (unpaired) electrons. The second-order valence-electron chi connectivity index (χ2n) is 5.07. The number of hydrogen-bond donors (Lipinski definition) is 2. The van der Waals surface area contributed by atoms with Crippen LogP contribution in [0.15, 0.2) is 18.2 Å². The van der Waals surface area contributed by atoms with E-state index >= 15 is 0 Å². The van der Waals surface area contributed by atoms with Crippen LogP contribution in [-0.2, 0) is 11.3 Å². The number of rotatable bonds is 6. The number of carbonyl (C=O) groups is 1. The van der Waals surface area contributed by atoms with Crippen LogP contribution in [0.3, 0.4) is 0 Å². The van der Waals surface area contributed by atoms with Crippen LogP contribution in [0.25, 0.3) is 0 Å². The summed E-state index contributed by atoms with van der Waals surface area (Å²) >= 11 is 0. The molecule has 5 heteroatoms. The molecule has 1 atom stereocenters. The third-order valence-corrected chi connectivity index (χ3v) is 3.51. The molecule has 0 aliphatic carbocycles. The van der Waals surface area contributed by atoms with Gasteiger partial charge in [0.25, 0.3) is 0 Å². The first-order chi connectivity index (χ1) is 9.66. The average molecular weight is 281 g/mol. The van der Waals surface area contributed by atoms with Crippen LogP contribution < -0.4 is 5.32 Å². The van der Waals surface area contributed by atoms with E-state index in [4.69, 9.17) is 9.84 Å². The molecule has 1 unspecified atom stereocenters. The van der Waals surface area contributed by atoms with Gasteiger partial charge in [-0.3, -0.25) is 0 Å². The molecule has 1 aliphatic rings. The minimum Gasteiger partial charge on any atom is -0.478 e. The molecule has 1 fully saturated rings. The van der Waals surface area contributed by atoms with Gasteiger partial charge in [-0.25, -0.2) is 9.18 Å². The standard InChI is InChI=1S/C15H20FNO3/c16-14-9-11(4-5-13(14)15(18)19)10-17-7-6-12-3-1-2-8-20-12/h4-5,9,12,17H,1-3,6-8,10H2,(H,18,19). The zero-order valence-corrected chi connectivity index (χ0v) is 11.4. The number of nitrogens with one attached hydrogen (secondary N) is 1. The quantitative estimate of drug-likeness (QED) is 0.787. The van der Waals surface area contributed by atoms with E-state index < -0.39 is 11.8 Å². The van der Waals surface area contributed by atoms with Crippen LogP contribution in [0.1, 0.15) is 41.6 Å². The lowest BCUT2D eigenvalue weighted by Gasteiger charge is -2.22. The fraction of sp³-hybridized carbons (Fsp3) is 0.533. The highest BCUT2D eigenvalue weighted by molar-refractivity contribution is 5.87. The molecule has 4 nitrogen and oxygen atoms in total. The summed E-state index contributed by atoms with van der Waals surface area (Å²) in [5.74, 6) is -1.93. The number of carboxylic acids is 1. The smallest absolute Gasteiger partial charge is 0.338 e. The Morgan fingerprint density at radius 1 is 1.45 bits per heavy atom. The number of benzene rings is 1. The fourth-order valence-electron chi connectivity index (χ4n) is 2.37. The van der Waals surface area contributed by atoms with Gasteiger partial charge in [-0.05, 0) is 49.9 Å². The van der Waals surface area contributed by atoms with Gasteiger partial charge in [0, 0.05) is 13.2 Å². The number of ether oxygens (including phenoxy) is 1. The van der Waals surface area contributed by atoms with Crippen LogP contribution in [0.2, 0.25) is 0 Å². The lowest BCUT2D eigenvalue weighted by Crippen LogP contribution is -2.25. The topological polar surface area (TPSA) is 58.6 Å². The number of hydrogen-bond acceptors (Lipinski definition) is 3. The molecule has 1 saturated heterocycles. The summed E-state index contributed by atoms with van der Waals surface area (Å²) in [5, 5.41) is 12.0. The average Bonchev–Trinajstić information content (AvgIpc) is 2.44. The maximum atomic E-state index is 13.5. The first-order valence-electron chi connectivity index (χ1n) is 7.01. The summed E-state index contributed by atoms with van der Waals surface area (Å²) in [6.07, 6.45) is 4.78. The SMILES string of the molecule is O=C(O)c1ccc(CNCCC2CCCCO2)cc1F. The van der Waals surface area contributed by atoms with Gasteiger partial charge in [0.05, 0.1) is 11.7 Å². The van der Waals surface area contributed by atoms with Crippen molar-refractivity contribution in [3.8, 4) is 0 Å². The minimum atomic E-state index is -1.24. The molecule has 0 aromatic heterocycles. The van der Waals surface area contributed by atoms with Gasteiger partial charge < -0.3 is 15.2 Å². The summed E-state index contributed by atoms with van der Waals surface area (Å²) in [6, 6.07) is 4.21. The zero-order valence-electron chi connectivity index (χ0n) is 11.4. The fourth-order valence-corrected chi connectivity index (χ4v) is 2.37. The molecule has 1 aromatic rings. The van der Waals surface area contributed by atoms with Crippen LogP contribution >= 0.6 is 0 Å². The predicted octanol–water partition coefficient (Wildman–Crippen LogP) is 2.57. The second kappa shape index (κ2) is 7.36. The monoisotopic (exact) mass is 281 g/mol. The van der Waals surface area contributed by atoms with Crippen molar-refractivity contribution >= 4 is 5.97 Å². The summed E-state index contributed by atoms with van der Waals surface area (Å²) in [6.45, 7) is 2.20. The van der Waals surface area contributed by atoms with E-state index in [2.05, 4.69) is 5.32 Å². The van der Waals surface area contributed by atoms with Crippen molar-refractivity contribution < 1.29 is 19.0 Å². The van der Waals surface area contributed by atoms with E-state index in [1.54, 1.807) is 6.07 Å². The Kier molecular flexibility index (Phi) is 5.49. The minimum absolute atomic E-state index is 0.288. The predicted molar refractivity (Wildman–Crippen MR) is 73.3 cm³/mol. The molecular formula is C15H20FNO3. The summed E-state index contributed by atoms with van der Waals surface area (Å²) in [4.78, 5) is 10.7. The van der Waals surface area contributed by atoms with Crippen molar-refractivity contribution in [1.29, 1.82) is 0 Å². The summed E-state index contributed by atoms with van der Waals surface area (Å²) in [5.41, 5.74) is 0.460. The van der Waals surface area contributed by atoms with Crippen LogP contribution in [0, 0.1) is 5.82 Å². The van der Waals surface area contributed by atoms with Crippen LogP contribution in [-0.4, -0.2) is 30.3 Å². The highest BCUT2D eigenvalue weighted by Crippen LogP contribution is 2.15. The van der Waals surface area contributed by atoms with Gasteiger partial charge >= 0.3 is 5.97 Å². The van der Waals surface area contributed by atoms with Crippen molar-refractivity contribution in [3.05, 3.63) is 35.1 Å². The van der Waals surface area contributed by atoms with Crippen molar-refractivity contribution in [2.24, 2.45) is 0 Å². The molecule has 0 bridgehead atoms. The molecule has 1 heterocycles. The molecule has 0 saturated carbocycles. The van der Waals surface area contributed by atoms with Gasteiger partial charge in [-0.1, -0.05) is 6.07 Å². The van der Waals surface area contributed by atoms with Crippen molar-refractivity contribution in [2.75, 3.05) is 13.2 Å². The van der Waals surface area contributed by atoms with Gasteiger partial charge in [-0.15, -0.1) is 0 Å². The molecule has 0 amide bonds. The largest absolute Gasteiger partial charge is 0.478 e. The van der Waals surface area contributed by atoms with Crippen molar-refractivity contribution in [1.82, 2.24) is 5.32 Å². The molecule has 2 rings (SSSR count). The summed E-state index contributed by atoms with van der Waals surface area (Å²) < 4.78 is 19.1. The van der Waals surface area contributed by atoms with E-state index in [1.807, 2.05) is 0 Å².